The summed E-state index contributed by atoms with van der Waals surface area (Å²) in [6, 6.07) is 9.02. The van der Waals surface area contributed by atoms with E-state index in [9.17, 15) is 9.65 Å². The van der Waals surface area contributed by atoms with E-state index in [1.807, 2.05) is 6.07 Å². The van der Waals surface area contributed by atoms with E-state index < -0.39 is 0 Å². The fourth-order valence-electron chi connectivity index (χ4n) is 2.42. The van der Waals surface area contributed by atoms with Crippen molar-refractivity contribution < 1.29 is 4.39 Å². The van der Waals surface area contributed by atoms with Crippen molar-refractivity contribution in [3.8, 4) is 6.07 Å². The molecule has 0 unspecified atom stereocenters. The van der Waals surface area contributed by atoms with Crippen LogP contribution in [0.15, 0.2) is 24.3 Å². The minimum Gasteiger partial charge on any atom is -0.207 e. The highest BCUT2D eigenvalue weighted by atomic mass is 19.1. The quantitative estimate of drug-likeness (QED) is 0.722. The van der Waals surface area contributed by atoms with Gasteiger partial charge in [-0.1, -0.05) is 25.0 Å². The van der Waals surface area contributed by atoms with Crippen LogP contribution in [0.3, 0.4) is 0 Å². The molecule has 0 amide bonds. The Balaban J connectivity index is 2.17. The smallest absolute Gasteiger partial charge is 0.123 e. The fourth-order valence-corrected chi connectivity index (χ4v) is 2.42. The zero-order valence-corrected chi connectivity index (χ0v) is 8.67. The summed E-state index contributed by atoms with van der Waals surface area (Å²) in [6.07, 6.45) is 4.87. The first kappa shape index (κ1) is 10.2. The van der Waals surface area contributed by atoms with Crippen molar-refractivity contribution in [1.29, 1.82) is 5.26 Å². The molecule has 1 aromatic carbocycles. The van der Waals surface area contributed by atoms with Gasteiger partial charge in [-0.3, -0.25) is 0 Å². The van der Waals surface area contributed by atoms with Crippen LogP contribution in [0.2, 0.25) is 0 Å². The molecule has 1 nitrogen and oxygen atoms in total. The Labute approximate surface area is 89.5 Å². The molecule has 0 atom stereocenters. The van der Waals surface area contributed by atoms with Crippen LogP contribution in [-0.2, 0) is 6.42 Å². The highest BCUT2D eigenvalue weighted by Crippen LogP contribution is 2.40. The molecule has 1 aliphatic rings. The van der Waals surface area contributed by atoms with Crippen LogP contribution in [-0.4, -0.2) is 0 Å². The Morgan fingerprint density at radius 1 is 1.33 bits per heavy atom. The molecule has 0 aromatic heterocycles. The number of hydrogen-bond acceptors (Lipinski definition) is 1. The molecule has 78 valence electrons. The maximum atomic E-state index is 13.0. The van der Waals surface area contributed by atoms with Crippen molar-refractivity contribution in [3.63, 3.8) is 0 Å². The first-order chi connectivity index (χ1) is 7.24. The number of nitrogens with zero attached hydrogens (tertiary/aromatic N) is 1. The molecule has 0 heterocycles. The Kier molecular flexibility index (Phi) is 2.73. The van der Waals surface area contributed by atoms with Gasteiger partial charge < -0.3 is 0 Å². The first-order valence-electron chi connectivity index (χ1n) is 5.40. The Morgan fingerprint density at radius 2 is 2.07 bits per heavy atom. The first-order valence-corrected chi connectivity index (χ1v) is 5.40. The van der Waals surface area contributed by atoms with Crippen molar-refractivity contribution in [1.82, 2.24) is 0 Å². The van der Waals surface area contributed by atoms with Crippen molar-refractivity contribution in [2.24, 2.45) is 5.41 Å². The fraction of sp³-hybridized carbons (Fsp3) is 0.462. The van der Waals surface area contributed by atoms with Gasteiger partial charge in [-0.2, -0.15) is 5.26 Å². The molecule has 0 aliphatic heterocycles. The highest BCUT2D eigenvalue weighted by Gasteiger charge is 2.33. The normalized spacial score (nSPS) is 18.7. The summed E-state index contributed by atoms with van der Waals surface area (Å²) in [4.78, 5) is 0. The number of halogens is 1. The summed E-state index contributed by atoms with van der Waals surface area (Å²) in [7, 11) is 0. The van der Waals surface area contributed by atoms with Gasteiger partial charge in [0.05, 0.1) is 11.5 Å². The summed E-state index contributed by atoms with van der Waals surface area (Å²) in [6.45, 7) is 0. The lowest BCUT2D eigenvalue weighted by molar-refractivity contribution is 0.407. The van der Waals surface area contributed by atoms with Crippen LogP contribution in [0.1, 0.15) is 31.2 Å². The maximum absolute atomic E-state index is 13.0. The average molecular weight is 203 g/mol. The lowest BCUT2D eigenvalue weighted by Crippen LogP contribution is -2.16. The van der Waals surface area contributed by atoms with E-state index in [4.69, 9.17) is 0 Å². The molecule has 0 N–H and O–H groups in total. The summed E-state index contributed by atoms with van der Waals surface area (Å²) in [5.74, 6) is -0.210. The number of nitriles is 1. The predicted octanol–water partition coefficient (Wildman–Crippen LogP) is 3.45. The van der Waals surface area contributed by atoms with Crippen LogP contribution in [0, 0.1) is 22.6 Å². The molecule has 15 heavy (non-hydrogen) atoms. The Morgan fingerprint density at radius 3 is 2.67 bits per heavy atom. The van der Waals surface area contributed by atoms with Gasteiger partial charge in [0, 0.05) is 0 Å². The third kappa shape index (κ3) is 2.18. The molecule has 1 saturated carbocycles. The van der Waals surface area contributed by atoms with Crippen LogP contribution in [0.5, 0.6) is 0 Å². The maximum Gasteiger partial charge on any atom is 0.123 e. The van der Waals surface area contributed by atoms with Gasteiger partial charge in [-0.25, -0.2) is 4.39 Å². The second-order valence-electron chi connectivity index (χ2n) is 4.41. The largest absolute Gasteiger partial charge is 0.207 e. The van der Waals surface area contributed by atoms with Crippen molar-refractivity contribution >= 4 is 0 Å². The van der Waals surface area contributed by atoms with Crippen LogP contribution >= 0.6 is 0 Å². The topological polar surface area (TPSA) is 23.8 Å². The van der Waals surface area contributed by atoms with Crippen LogP contribution in [0.25, 0.3) is 0 Å². The second-order valence-corrected chi connectivity index (χ2v) is 4.41. The van der Waals surface area contributed by atoms with E-state index in [1.54, 1.807) is 6.07 Å². The van der Waals surface area contributed by atoms with Crippen molar-refractivity contribution in [2.45, 2.75) is 32.1 Å². The van der Waals surface area contributed by atoms with E-state index in [0.29, 0.717) is 6.42 Å². The molecule has 2 rings (SSSR count). The van der Waals surface area contributed by atoms with Gasteiger partial charge in [-0.15, -0.1) is 0 Å². The zero-order chi connectivity index (χ0) is 10.7. The molecule has 0 spiro atoms. The van der Waals surface area contributed by atoms with E-state index in [-0.39, 0.29) is 11.2 Å². The molecular formula is C13H14FN. The average Bonchev–Trinajstić information content (AvgIpc) is 2.67. The monoisotopic (exact) mass is 203 g/mol. The van der Waals surface area contributed by atoms with E-state index in [2.05, 4.69) is 6.07 Å². The number of rotatable bonds is 2. The molecule has 1 aromatic rings. The van der Waals surface area contributed by atoms with E-state index in [1.165, 1.54) is 12.1 Å². The van der Waals surface area contributed by atoms with Crippen LogP contribution < -0.4 is 0 Å². The number of benzene rings is 1. The lowest BCUT2D eigenvalue weighted by atomic mass is 9.81. The summed E-state index contributed by atoms with van der Waals surface area (Å²) < 4.78 is 13.0. The SMILES string of the molecule is N#CC1(Cc2cccc(F)c2)CCCC1. The van der Waals surface area contributed by atoms with Crippen LogP contribution in [0.4, 0.5) is 4.39 Å². The molecule has 0 saturated heterocycles. The van der Waals surface area contributed by atoms with Gasteiger partial charge >= 0.3 is 0 Å². The lowest BCUT2D eigenvalue weighted by Gasteiger charge is -2.19. The Bertz CT molecular complexity index is 386. The highest BCUT2D eigenvalue weighted by molar-refractivity contribution is 5.21. The third-order valence-electron chi connectivity index (χ3n) is 3.23. The van der Waals surface area contributed by atoms with Crippen molar-refractivity contribution in [2.75, 3.05) is 0 Å². The van der Waals surface area contributed by atoms with Gasteiger partial charge in [0.1, 0.15) is 5.82 Å². The van der Waals surface area contributed by atoms with Crippen molar-refractivity contribution in [3.05, 3.63) is 35.6 Å². The summed E-state index contributed by atoms with van der Waals surface area (Å²) >= 11 is 0. The zero-order valence-electron chi connectivity index (χ0n) is 8.67. The molecule has 2 heteroatoms. The second kappa shape index (κ2) is 4.02. The summed E-state index contributed by atoms with van der Waals surface area (Å²) in [5, 5.41) is 9.20. The van der Waals surface area contributed by atoms with E-state index in [0.717, 1.165) is 31.2 Å². The van der Waals surface area contributed by atoms with E-state index >= 15 is 0 Å². The minimum atomic E-state index is -0.228. The molecule has 0 bridgehead atoms. The molecule has 1 fully saturated rings. The standard InChI is InChI=1S/C13H14FN/c14-12-5-3-4-11(8-12)9-13(10-15)6-1-2-7-13/h3-5,8H,1-2,6-7,9H2. The Hall–Kier alpha value is -1.36. The predicted molar refractivity (Wildman–Crippen MR) is 56.6 cm³/mol. The summed E-state index contributed by atoms with van der Waals surface area (Å²) in [5.41, 5.74) is 0.715. The van der Waals surface area contributed by atoms with Gasteiger partial charge in [-0.05, 0) is 37.0 Å². The molecule has 0 radical (unpaired) electrons. The molecule has 1 aliphatic carbocycles. The van der Waals surface area contributed by atoms with Gasteiger partial charge in [0.15, 0.2) is 0 Å². The van der Waals surface area contributed by atoms with Gasteiger partial charge in [0.25, 0.3) is 0 Å². The van der Waals surface area contributed by atoms with Gasteiger partial charge in [0.2, 0.25) is 0 Å². The number of hydrogen-bond donors (Lipinski definition) is 0. The third-order valence-corrected chi connectivity index (χ3v) is 3.23. The minimum absolute atomic E-state index is 0.210. The molecular weight excluding hydrogens is 189 g/mol.